The summed E-state index contributed by atoms with van der Waals surface area (Å²) in [6.45, 7) is 2.30. The van der Waals surface area contributed by atoms with Gasteiger partial charge in [0.2, 0.25) is 5.91 Å². The SMILES string of the molecule is CC(NC(=O)c1cccc(C(N)=O)c1)c1ccc(OCC2CC2)c(F)c1. The van der Waals surface area contributed by atoms with E-state index in [0.717, 1.165) is 12.8 Å². The average Bonchev–Trinajstić information content (AvgIpc) is 3.45. The van der Waals surface area contributed by atoms with Gasteiger partial charge in [-0.1, -0.05) is 12.1 Å². The highest BCUT2D eigenvalue weighted by Crippen LogP contribution is 2.30. The zero-order valence-corrected chi connectivity index (χ0v) is 14.5. The van der Waals surface area contributed by atoms with Crippen LogP contribution in [-0.4, -0.2) is 18.4 Å². The molecule has 0 aromatic heterocycles. The number of benzene rings is 2. The molecule has 1 fully saturated rings. The maximum atomic E-state index is 14.2. The van der Waals surface area contributed by atoms with Gasteiger partial charge in [0, 0.05) is 11.1 Å². The van der Waals surface area contributed by atoms with Gasteiger partial charge in [-0.05, 0) is 61.6 Å². The third-order valence-electron chi connectivity index (χ3n) is 4.38. The fraction of sp³-hybridized carbons (Fsp3) is 0.300. The van der Waals surface area contributed by atoms with Crippen molar-refractivity contribution >= 4 is 11.8 Å². The molecule has 3 rings (SSSR count). The number of nitrogens with two attached hydrogens (primary N) is 1. The number of primary amides is 1. The van der Waals surface area contributed by atoms with Gasteiger partial charge in [-0.2, -0.15) is 0 Å². The van der Waals surface area contributed by atoms with Crippen molar-refractivity contribution in [3.05, 3.63) is 65.0 Å². The van der Waals surface area contributed by atoms with Gasteiger partial charge in [0.1, 0.15) is 0 Å². The van der Waals surface area contributed by atoms with Crippen molar-refractivity contribution in [2.45, 2.75) is 25.8 Å². The summed E-state index contributed by atoms with van der Waals surface area (Å²) in [6, 6.07) is 10.4. The number of amides is 2. The van der Waals surface area contributed by atoms with Crippen molar-refractivity contribution < 1.29 is 18.7 Å². The Bertz CT molecular complexity index is 834. The monoisotopic (exact) mass is 356 g/mol. The molecule has 0 heterocycles. The second kappa shape index (κ2) is 7.56. The maximum Gasteiger partial charge on any atom is 0.251 e. The van der Waals surface area contributed by atoms with E-state index in [9.17, 15) is 14.0 Å². The molecule has 26 heavy (non-hydrogen) atoms. The number of hydrogen-bond acceptors (Lipinski definition) is 3. The smallest absolute Gasteiger partial charge is 0.251 e. The number of carbonyl (C=O) groups excluding carboxylic acids is 2. The molecule has 2 amide bonds. The van der Waals surface area contributed by atoms with Crippen LogP contribution in [0.1, 0.15) is 52.1 Å². The number of halogens is 1. The van der Waals surface area contributed by atoms with Gasteiger partial charge in [0.25, 0.3) is 5.91 Å². The van der Waals surface area contributed by atoms with Crippen LogP contribution in [0.25, 0.3) is 0 Å². The molecular weight excluding hydrogens is 335 g/mol. The third kappa shape index (κ3) is 4.39. The lowest BCUT2D eigenvalue weighted by Crippen LogP contribution is -2.27. The van der Waals surface area contributed by atoms with E-state index in [1.807, 2.05) is 0 Å². The molecule has 0 bridgehead atoms. The number of hydrogen-bond donors (Lipinski definition) is 2. The van der Waals surface area contributed by atoms with Crippen LogP contribution in [0.3, 0.4) is 0 Å². The molecule has 0 spiro atoms. The average molecular weight is 356 g/mol. The first-order valence-corrected chi connectivity index (χ1v) is 8.57. The van der Waals surface area contributed by atoms with E-state index < -0.39 is 17.8 Å². The first-order valence-electron chi connectivity index (χ1n) is 8.57. The Labute approximate surface area is 151 Å². The van der Waals surface area contributed by atoms with Crippen LogP contribution in [0, 0.1) is 11.7 Å². The second-order valence-electron chi connectivity index (χ2n) is 6.58. The topological polar surface area (TPSA) is 81.4 Å². The predicted molar refractivity (Wildman–Crippen MR) is 95.5 cm³/mol. The Hall–Kier alpha value is -2.89. The first-order chi connectivity index (χ1) is 12.4. The van der Waals surface area contributed by atoms with E-state index in [-0.39, 0.29) is 17.2 Å². The summed E-state index contributed by atoms with van der Waals surface area (Å²) in [6.07, 6.45) is 2.28. The summed E-state index contributed by atoms with van der Waals surface area (Å²) < 4.78 is 19.7. The molecule has 0 saturated heterocycles. The third-order valence-corrected chi connectivity index (χ3v) is 4.38. The molecule has 0 radical (unpaired) electrons. The number of carbonyl (C=O) groups is 2. The van der Waals surface area contributed by atoms with E-state index >= 15 is 0 Å². The van der Waals surface area contributed by atoms with E-state index in [2.05, 4.69) is 5.32 Å². The van der Waals surface area contributed by atoms with Crippen LogP contribution in [0.2, 0.25) is 0 Å². The van der Waals surface area contributed by atoms with E-state index in [0.29, 0.717) is 23.7 Å². The molecule has 1 aliphatic carbocycles. The normalized spacial score (nSPS) is 14.5. The first kappa shape index (κ1) is 17.9. The zero-order valence-electron chi connectivity index (χ0n) is 14.5. The van der Waals surface area contributed by atoms with Gasteiger partial charge >= 0.3 is 0 Å². The molecule has 0 aliphatic heterocycles. The number of ether oxygens (including phenoxy) is 1. The lowest BCUT2D eigenvalue weighted by Gasteiger charge is -2.16. The molecule has 136 valence electrons. The Balaban J connectivity index is 1.65. The van der Waals surface area contributed by atoms with E-state index in [4.69, 9.17) is 10.5 Å². The van der Waals surface area contributed by atoms with Gasteiger partial charge in [0.05, 0.1) is 12.6 Å². The minimum absolute atomic E-state index is 0.230. The molecule has 1 unspecified atom stereocenters. The summed E-state index contributed by atoms with van der Waals surface area (Å²) in [5.41, 5.74) is 6.43. The molecular formula is C20H21FN2O3. The lowest BCUT2D eigenvalue weighted by molar-refractivity contribution is 0.0939. The molecule has 1 saturated carbocycles. The molecule has 2 aromatic carbocycles. The summed E-state index contributed by atoms with van der Waals surface area (Å²) in [5.74, 6) is -0.636. The van der Waals surface area contributed by atoms with Crippen molar-refractivity contribution in [3.8, 4) is 5.75 Å². The van der Waals surface area contributed by atoms with Crippen molar-refractivity contribution in [1.82, 2.24) is 5.32 Å². The molecule has 2 aromatic rings. The van der Waals surface area contributed by atoms with Crippen LogP contribution < -0.4 is 15.8 Å². The highest BCUT2D eigenvalue weighted by Gasteiger charge is 2.22. The fourth-order valence-electron chi connectivity index (χ4n) is 2.57. The van der Waals surface area contributed by atoms with Crippen molar-refractivity contribution in [1.29, 1.82) is 0 Å². The van der Waals surface area contributed by atoms with Crippen molar-refractivity contribution in [2.24, 2.45) is 11.7 Å². The quantitative estimate of drug-likeness (QED) is 0.799. The Morgan fingerprint density at radius 2 is 1.96 bits per heavy atom. The predicted octanol–water partition coefficient (Wildman–Crippen LogP) is 3.20. The maximum absolute atomic E-state index is 14.2. The Morgan fingerprint density at radius 1 is 1.23 bits per heavy atom. The van der Waals surface area contributed by atoms with Crippen molar-refractivity contribution in [2.75, 3.05) is 6.61 Å². The van der Waals surface area contributed by atoms with Gasteiger partial charge in [-0.3, -0.25) is 9.59 Å². The Kier molecular flexibility index (Phi) is 5.21. The molecule has 1 atom stereocenters. The van der Waals surface area contributed by atoms with E-state index in [1.54, 1.807) is 31.2 Å². The highest BCUT2D eigenvalue weighted by atomic mass is 19.1. The van der Waals surface area contributed by atoms with Crippen LogP contribution in [0.5, 0.6) is 5.75 Å². The summed E-state index contributed by atoms with van der Waals surface area (Å²) in [5, 5.41) is 2.79. The fourth-order valence-corrected chi connectivity index (χ4v) is 2.57. The van der Waals surface area contributed by atoms with Gasteiger partial charge in [-0.25, -0.2) is 4.39 Å². The van der Waals surface area contributed by atoms with Gasteiger partial charge in [-0.15, -0.1) is 0 Å². The van der Waals surface area contributed by atoms with E-state index in [1.165, 1.54) is 18.2 Å². The number of rotatable bonds is 7. The minimum Gasteiger partial charge on any atom is -0.490 e. The van der Waals surface area contributed by atoms with Crippen LogP contribution >= 0.6 is 0 Å². The minimum atomic E-state index is -0.600. The Morgan fingerprint density at radius 3 is 2.62 bits per heavy atom. The highest BCUT2D eigenvalue weighted by molar-refractivity contribution is 5.99. The van der Waals surface area contributed by atoms with Crippen molar-refractivity contribution in [3.63, 3.8) is 0 Å². The largest absolute Gasteiger partial charge is 0.490 e. The second-order valence-corrected chi connectivity index (χ2v) is 6.58. The molecule has 5 nitrogen and oxygen atoms in total. The standard InChI is InChI=1S/C20H21FN2O3/c1-12(23-20(25)16-4-2-3-15(9-16)19(22)24)14-7-8-18(17(21)10-14)26-11-13-5-6-13/h2-4,7-10,12-13H,5-6,11H2,1H3,(H2,22,24)(H,23,25). The number of nitrogens with one attached hydrogen (secondary N) is 1. The van der Waals surface area contributed by atoms with Gasteiger partial charge < -0.3 is 15.8 Å². The zero-order chi connectivity index (χ0) is 18.7. The van der Waals surface area contributed by atoms with Gasteiger partial charge in [0.15, 0.2) is 11.6 Å². The summed E-state index contributed by atoms with van der Waals surface area (Å²) >= 11 is 0. The molecule has 3 N–H and O–H groups in total. The molecule has 1 aliphatic rings. The van der Waals surface area contributed by atoms with Crippen LogP contribution in [0.4, 0.5) is 4.39 Å². The lowest BCUT2D eigenvalue weighted by atomic mass is 10.1. The summed E-state index contributed by atoms with van der Waals surface area (Å²) in [7, 11) is 0. The van der Waals surface area contributed by atoms with Crippen LogP contribution in [0.15, 0.2) is 42.5 Å². The molecule has 6 heteroatoms. The van der Waals surface area contributed by atoms with Crippen LogP contribution in [-0.2, 0) is 0 Å². The summed E-state index contributed by atoms with van der Waals surface area (Å²) in [4.78, 5) is 23.6.